The smallest absolute Gasteiger partial charge is 0.339 e. The molecule has 3 N–H and O–H groups in total. The number of nitrogens with one attached hydrogen (secondary N) is 1. The van der Waals surface area contributed by atoms with E-state index >= 15 is 0 Å². The highest BCUT2D eigenvalue weighted by molar-refractivity contribution is 7.89. The fourth-order valence-electron chi connectivity index (χ4n) is 3.17. The standard InChI is InChI=1S/C22H24N2O6S/c1-13-14(2)22(26)30-21-15(3)19(9-8-18(13)21)29-12-20(25)24-11-10-16-4-6-17(7-5-16)31(23,27)28/h4-9H,10-12H2,1-3H3,(H,24,25)(H2,23,27,28). The van der Waals surface area contributed by atoms with Crippen LogP contribution in [0.15, 0.2) is 50.5 Å². The molecule has 1 amide bonds. The highest BCUT2D eigenvalue weighted by atomic mass is 32.2. The van der Waals surface area contributed by atoms with Crippen molar-refractivity contribution in [3.63, 3.8) is 0 Å². The summed E-state index contributed by atoms with van der Waals surface area (Å²) >= 11 is 0. The highest BCUT2D eigenvalue weighted by Crippen LogP contribution is 2.29. The predicted molar refractivity (Wildman–Crippen MR) is 117 cm³/mol. The molecule has 9 heteroatoms. The molecule has 0 radical (unpaired) electrons. The van der Waals surface area contributed by atoms with E-state index in [0.717, 1.165) is 16.5 Å². The van der Waals surface area contributed by atoms with Crippen LogP contribution in [0.2, 0.25) is 0 Å². The highest BCUT2D eigenvalue weighted by Gasteiger charge is 2.14. The molecule has 0 fully saturated rings. The number of amides is 1. The van der Waals surface area contributed by atoms with Crippen molar-refractivity contribution in [1.29, 1.82) is 0 Å². The fourth-order valence-corrected chi connectivity index (χ4v) is 3.68. The van der Waals surface area contributed by atoms with Crippen LogP contribution < -0.4 is 20.8 Å². The lowest BCUT2D eigenvalue weighted by Crippen LogP contribution is -2.30. The second-order valence-electron chi connectivity index (χ2n) is 7.28. The number of ether oxygens (including phenoxy) is 1. The van der Waals surface area contributed by atoms with Gasteiger partial charge in [0.25, 0.3) is 5.91 Å². The zero-order valence-corrected chi connectivity index (χ0v) is 18.3. The van der Waals surface area contributed by atoms with Crippen molar-refractivity contribution >= 4 is 26.9 Å². The van der Waals surface area contributed by atoms with Gasteiger partial charge < -0.3 is 14.5 Å². The minimum Gasteiger partial charge on any atom is -0.483 e. The molecule has 1 aromatic heterocycles. The Balaban J connectivity index is 1.57. The van der Waals surface area contributed by atoms with Crippen LogP contribution in [0.1, 0.15) is 22.3 Å². The van der Waals surface area contributed by atoms with Crippen molar-refractivity contribution in [3.8, 4) is 5.75 Å². The molecule has 0 bridgehead atoms. The molecule has 3 rings (SSSR count). The first kappa shape index (κ1) is 22.5. The number of sulfonamides is 1. The minimum absolute atomic E-state index is 0.0422. The number of carbonyl (C=O) groups excluding carboxylic acids is 1. The van der Waals surface area contributed by atoms with Crippen LogP contribution in [0, 0.1) is 20.8 Å². The monoisotopic (exact) mass is 444 g/mol. The van der Waals surface area contributed by atoms with E-state index in [4.69, 9.17) is 14.3 Å². The van der Waals surface area contributed by atoms with E-state index in [2.05, 4.69) is 5.32 Å². The predicted octanol–water partition coefficient (Wildman–Crippen LogP) is 2.10. The first-order chi connectivity index (χ1) is 14.6. The lowest BCUT2D eigenvalue weighted by Gasteiger charge is -2.12. The molecule has 0 saturated carbocycles. The van der Waals surface area contributed by atoms with Crippen LogP contribution >= 0.6 is 0 Å². The topological polar surface area (TPSA) is 129 Å². The van der Waals surface area contributed by atoms with E-state index < -0.39 is 10.0 Å². The molecule has 2 aromatic carbocycles. The summed E-state index contributed by atoms with van der Waals surface area (Å²) in [5.74, 6) is 0.162. The summed E-state index contributed by atoms with van der Waals surface area (Å²) in [5, 5.41) is 8.65. The Morgan fingerprint density at radius 2 is 1.71 bits per heavy atom. The number of nitrogens with two attached hydrogens (primary N) is 1. The van der Waals surface area contributed by atoms with E-state index in [0.29, 0.717) is 35.4 Å². The van der Waals surface area contributed by atoms with Crippen molar-refractivity contribution in [1.82, 2.24) is 5.32 Å². The number of aryl methyl sites for hydroxylation is 2. The zero-order chi connectivity index (χ0) is 22.8. The van der Waals surface area contributed by atoms with Crippen LogP contribution in [0.4, 0.5) is 0 Å². The maximum absolute atomic E-state index is 12.1. The van der Waals surface area contributed by atoms with Gasteiger partial charge in [-0.15, -0.1) is 0 Å². The van der Waals surface area contributed by atoms with Gasteiger partial charge in [-0.25, -0.2) is 18.4 Å². The van der Waals surface area contributed by atoms with E-state index in [9.17, 15) is 18.0 Å². The molecule has 0 atom stereocenters. The third-order valence-corrected chi connectivity index (χ3v) is 6.10. The lowest BCUT2D eigenvalue weighted by molar-refractivity contribution is -0.123. The van der Waals surface area contributed by atoms with E-state index in [1.165, 1.54) is 12.1 Å². The van der Waals surface area contributed by atoms with E-state index in [1.54, 1.807) is 32.0 Å². The van der Waals surface area contributed by atoms with Crippen molar-refractivity contribution in [2.75, 3.05) is 13.2 Å². The maximum atomic E-state index is 12.1. The summed E-state index contributed by atoms with van der Waals surface area (Å²) in [4.78, 5) is 24.1. The molecule has 31 heavy (non-hydrogen) atoms. The molecule has 0 saturated heterocycles. The van der Waals surface area contributed by atoms with Gasteiger partial charge in [0.1, 0.15) is 11.3 Å². The molecule has 0 unspecified atom stereocenters. The van der Waals surface area contributed by atoms with Gasteiger partial charge in [0.05, 0.1) is 4.90 Å². The molecule has 8 nitrogen and oxygen atoms in total. The molecule has 164 valence electrons. The summed E-state index contributed by atoms with van der Waals surface area (Å²) in [7, 11) is -3.72. The Labute approximate surface area is 180 Å². The van der Waals surface area contributed by atoms with Gasteiger partial charge in [-0.1, -0.05) is 12.1 Å². The van der Waals surface area contributed by atoms with Gasteiger partial charge in [0.15, 0.2) is 6.61 Å². The Morgan fingerprint density at radius 1 is 1.03 bits per heavy atom. The van der Waals surface area contributed by atoms with Gasteiger partial charge in [0, 0.05) is 23.1 Å². The molecule has 1 heterocycles. The summed E-state index contributed by atoms with van der Waals surface area (Å²) in [6, 6.07) is 9.73. The molecule has 3 aromatic rings. The second-order valence-corrected chi connectivity index (χ2v) is 8.84. The molecule has 0 aliphatic carbocycles. The lowest BCUT2D eigenvalue weighted by atomic mass is 10.0. The quantitative estimate of drug-likeness (QED) is 0.537. The molecular formula is C22H24N2O6S. The van der Waals surface area contributed by atoms with Gasteiger partial charge in [-0.05, 0) is 62.6 Å². The van der Waals surface area contributed by atoms with Gasteiger partial charge in [-0.3, -0.25) is 4.79 Å². The summed E-state index contributed by atoms with van der Waals surface area (Å²) in [5.41, 5.74) is 3.00. The van der Waals surface area contributed by atoms with Crippen LogP contribution in [-0.2, 0) is 21.2 Å². The molecule has 0 spiro atoms. The number of primary sulfonamides is 1. The van der Waals surface area contributed by atoms with Crippen molar-refractivity contribution in [2.24, 2.45) is 5.14 Å². The van der Waals surface area contributed by atoms with Crippen molar-refractivity contribution < 1.29 is 22.4 Å². The largest absolute Gasteiger partial charge is 0.483 e. The Hall–Kier alpha value is -3.17. The third-order valence-electron chi connectivity index (χ3n) is 5.17. The molecular weight excluding hydrogens is 420 g/mol. The van der Waals surface area contributed by atoms with Crippen LogP contribution in [0.25, 0.3) is 11.0 Å². The van der Waals surface area contributed by atoms with Crippen molar-refractivity contribution in [2.45, 2.75) is 32.1 Å². The average molecular weight is 445 g/mol. The number of fused-ring (bicyclic) bond motifs is 1. The number of rotatable bonds is 7. The first-order valence-corrected chi connectivity index (χ1v) is 11.2. The molecule has 0 aliphatic heterocycles. The summed E-state index contributed by atoms with van der Waals surface area (Å²) in [6.45, 7) is 5.54. The Kier molecular flexibility index (Phi) is 6.47. The Morgan fingerprint density at radius 3 is 2.35 bits per heavy atom. The SMILES string of the molecule is Cc1c(C)c2ccc(OCC(=O)NCCc3ccc(S(N)(=O)=O)cc3)c(C)c2oc1=O. The number of hydrogen-bond donors (Lipinski definition) is 2. The van der Waals surface area contributed by atoms with Crippen LogP contribution in [0.5, 0.6) is 5.75 Å². The minimum atomic E-state index is -3.72. The third kappa shape index (κ3) is 5.12. The number of carbonyl (C=O) groups is 1. The van der Waals surface area contributed by atoms with E-state index in [1.807, 2.05) is 13.0 Å². The summed E-state index contributed by atoms with van der Waals surface area (Å²) < 4.78 is 33.6. The molecule has 0 aliphatic rings. The zero-order valence-electron chi connectivity index (χ0n) is 17.5. The second kappa shape index (κ2) is 8.91. The average Bonchev–Trinajstić information content (AvgIpc) is 2.72. The fraction of sp³-hybridized carbons (Fsp3) is 0.273. The number of hydrogen-bond acceptors (Lipinski definition) is 6. The van der Waals surface area contributed by atoms with Crippen LogP contribution in [-0.4, -0.2) is 27.5 Å². The summed E-state index contributed by atoms with van der Waals surface area (Å²) in [6.07, 6.45) is 0.523. The van der Waals surface area contributed by atoms with Gasteiger partial charge in [0.2, 0.25) is 10.0 Å². The van der Waals surface area contributed by atoms with Crippen molar-refractivity contribution in [3.05, 3.63) is 69.1 Å². The normalized spacial score (nSPS) is 11.5. The first-order valence-electron chi connectivity index (χ1n) is 9.63. The van der Waals surface area contributed by atoms with Gasteiger partial charge >= 0.3 is 5.63 Å². The van der Waals surface area contributed by atoms with Gasteiger partial charge in [-0.2, -0.15) is 0 Å². The Bertz CT molecular complexity index is 1290. The number of benzene rings is 2. The van der Waals surface area contributed by atoms with Crippen LogP contribution in [0.3, 0.4) is 0 Å². The van der Waals surface area contributed by atoms with E-state index in [-0.39, 0.29) is 23.0 Å². The maximum Gasteiger partial charge on any atom is 0.339 e.